The van der Waals surface area contributed by atoms with Gasteiger partial charge in [-0.25, -0.2) is 0 Å². The molecular weight excluding hydrogens is 353 g/mol. The number of rotatable bonds is 2. The summed E-state index contributed by atoms with van der Waals surface area (Å²) in [6, 6.07) is 6.96. The third-order valence-corrected chi connectivity index (χ3v) is 3.37. The molecule has 0 saturated carbocycles. The van der Waals surface area contributed by atoms with Gasteiger partial charge >= 0.3 is 0 Å². The molecule has 2 rings (SSSR count). The fourth-order valence-electron chi connectivity index (χ4n) is 1.43. The van der Waals surface area contributed by atoms with Crippen LogP contribution in [0.4, 0.5) is 5.69 Å². The van der Waals surface area contributed by atoms with E-state index >= 15 is 0 Å². The van der Waals surface area contributed by atoms with Gasteiger partial charge in [-0.3, -0.25) is 4.79 Å². The van der Waals surface area contributed by atoms with E-state index < -0.39 is 0 Å². The molecule has 2 aromatic rings. The third kappa shape index (κ3) is 3.43. The molecule has 0 atom stereocenters. The van der Waals surface area contributed by atoms with Crippen molar-refractivity contribution in [3.63, 3.8) is 0 Å². The normalized spacial score (nSPS) is 10.3. The maximum Gasteiger partial charge on any atom is 0.258 e. The lowest BCUT2D eigenvalue weighted by Gasteiger charge is -2.09. The zero-order valence-electron chi connectivity index (χ0n) is 9.75. The minimum Gasteiger partial charge on any atom is -0.322 e. The van der Waals surface area contributed by atoms with E-state index in [1.165, 1.54) is 6.07 Å². The van der Waals surface area contributed by atoms with Crippen LogP contribution in [0.1, 0.15) is 15.9 Å². The van der Waals surface area contributed by atoms with Crippen molar-refractivity contribution in [2.24, 2.45) is 0 Å². The highest BCUT2D eigenvalue weighted by Crippen LogP contribution is 2.23. The van der Waals surface area contributed by atoms with Crippen LogP contribution < -0.4 is 5.32 Å². The molecule has 1 amide bonds. The molecule has 1 N–H and O–H groups in total. The van der Waals surface area contributed by atoms with Crippen LogP contribution in [0.3, 0.4) is 0 Å². The van der Waals surface area contributed by atoms with Crippen molar-refractivity contribution in [1.29, 1.82) is 0 Å². The monoisotopic (exact) mass is 359 g/mol. The first-order valence-electron chi connectivity index (χ1n) is 5.23. The summed E-state index contributed by atoms with van der Waals surface area (Å²) < 4.78 is 0.866. The molecule has 19 heavy (non-hydrogen) atoms. The summed E-state index contributed by atoms with van der Waals surface area (Å²) >= 11 is 14.9. The van der Waals surface area contributed by atoms with Crippen LogP contribution in [0.2, 0.25) is 10.3 Å². The highest BCUT2D eigenvalue weighted by atomic mass is 79.9. The Morgan fingerprint density at radius 3 is 2.74 bits per heavy atom. The number of nitrogens with zero attached hydrogens (tertiary/aromatic N) is 2. The van der Waals surface area contributed by atoms with E-state index in [4.69, 9.17) is 23.2 Å². The molecule has 1 aromatic heterocycles. The minimum absolute atomic E-state index is 0.00884. The number of aromatic nitrogens is 2. The predicted octanol–water partition coefficient (Wildman–Crippen LogP) is 4.11. The summed E-state index contributed by atoms with van der Waals surface area (Å²) in [6.07, 6.45) is 0. The molecule has 0 bridgehead atoms. The van der Waals surface area contributed by atoms with Gasteiger partial charge in [0.2, 0.25) is 0 Å². The van der Waals surface area contributed by atoms with Crippen LogP contribution in [0, 0.1) is 6.92 Å². The van der Waals surface area contributed by atoms with Gasteiger partial charge in [0.1, 0.15) is 0 Å². The Balaban J connectivity index is 2.30. The van der Waals surface area contributed by atoms with Gasteiger partial charge in [0.05, 0.1) is 5.56 Å². The topological polar surface area (TPSA) is 54.9 Å². The first kappa shape index (κ1) is 14.2. The molecule has 1 heterocycles. The molecule has 7 heteroatoms. The molecule has 0 saturated heterocycles. The Hall–Kier alpha value is -1.17. The van der Waals surface area contributed by atoms with Crippen LogP contribution in [0.5, 0.6) is 0 Å². The number of halogens is 3. The van der Waals surface area contributed by atoms with E-state index in [9.17, 15) is 4.79 Å². The zero-order chi connectivity index (χ0) is 14.0. The number of hydrogen-bond acceptors (Lipinski definition) is 3. The average Bonchev–Trinajstić information content (AvgIpc) is 2.36. The molecule has 98 valence electrons. The summed E-state index contributed by atoms with van der Waals surface area (Å²) in [5.74, 6) is -0.386. The standard InChI is InChI=1S/C12H8BrCl2N3O/c1-6-2-3-7(13)4-9(6)16-12(19)8-5-10(14)17-18-11(8)15/h2-5H,1H3,(H,16,19). The zero-order valence-corrected chi connectivity index (χ0v) is 12.8. The number of carbonyl (C=O) groups excluding carboxylic acids is 1. The smallest absolute Gasteiger partial charge is 0.258 e. The Labute approximate surface area is 128 Å². The van der Waals surface area contributed by atoms with Gasteiger partial charge in [-0.2, -0.15) is 0 Å². The maximum atomic E-state index is 12.1. The molecule has 0 fully saturated rings. The molecule has 0 aliphatic carbocycles. The molecule has 0 radical (unpaired) electrons. The Morgan fingerprint density at radius 1 is 1.26 bits per heavy atom. The van der Waals surface area contributed by atoms with Crippen molar-refractivity contribution >= 4 is 50.7 Å². The van der Waals surface area contributed by atoms with E-state index in [-0.39, 0.29) is 21.8 Å². The van der Waals surface area contributed by atoms with Crippen LogP contribution in [0.25, 0.3) is 0 Å². The van der Waals surface area contributed by atoms with Gasteiger partial charge in [-0.15, -0.1) is 10.2 Å². The highest BCUT2D eigenvalue weighted by molar-refractivity contribution is 9.10. The Bertz CT molecular complexity index is 649. The number of nitrogens with one attached hydrogen (secondary N) is 1. The summed E-state index contributed by atoms with van der Waals surface area (Å²) in [7, 11) is 0. The quantitative estimate of drug-likeness (QED) is 0.876. The summed E-state index contributed by atoms with van der Waals surface area (Å²) in [4.78, 5) is 12.1. The number of hydrogen-bond donors (Lipinski definition) is 1. The average molecular weight is 361 g/mol. The van der Waals surface area contributed by atoms with Crippen molar-refractivity contribution < 1.29 is 4.79 Å². The van der Waals surface area contributed by atoms with Crippen molar-refractivity contribution in [3.8, 4) is 0 Å². The van der Waals surface area contributed by atoms with Gasteiger partial charge in [0, 0.05) is 10.2 Å². The lowest BCUT2D eigenvalue weighted by atomic mass is 10.2. The molecule has 4 nitrogen and oxygen atoms in total. The summed E-state index contributed by atoms with van der Waals surface area (Å²) in [6.45, 7) is 1.89. The fourth-order valence-corrected chi connectivity index (χ4v) is 2.12. The molecule has 1 aromatic carbocycles. The number of aryl methyl sites for hydroxylation is 1. The van der Waals surface area contributed by atoms with Gasteiger partial charge in [0.25, 0.3) is 5.91 Å². The second kappa shape index (κ2) is 5.86. The molecule has 0 aliphatic heterocycles. The van der Waals surface area contributed by atoms with Gasteiger partial charge in [0.15, 0.2) is 10.3 Å². The second-order valence-electron chi connectivity index (χ2n) is 3.78. The van der Waals surface area contributed by atoms with E-state index in [1.54, 1.807) is 6.07 Å². The molecule has 0 unspecified atom stereocenters. The predicted molar refractivity (Wildman–Crippen MR) is 78.9 cm³/mol. The van der Waals surface area contributed by atoms with Crippen LogP contribution in [-0.2, 0) is 0 Å². The van der Waals surface area contributed by atoms with Crippen molar-refractivity contribution in [2.75, 3.05) is 5.32 Å². The Kier molecular flexibility index (Phi) is 4.39. The van der Waals surface area contributed by atoms with E-state index in [1.807, 2.05) is 19.1 Å². The number of benzene rings is 1. The van der Waals surface area contributed by atoms with Gasteiger partial charge < -0.3 is 5.32 Å². The van der Waals surface area contributed by atoms with Gasteiger partial charge in [-0.1, -0.05) is 45.2 Å². The van der Waals surface area contributed by atoms with Crippen LogP contribution >= 0.6 is 39.1 Å². The second-order valence-corrected chi connectivity index (χ2v) is 5.45. The number of amides is 1. The number of carbonyl (C=O) groups is 1. The lowest BCUT2D eigenvalue weighted by Crippen LogP contribution is -2.14. The molecule has 0 aliphatic rings. The first-order valence-corrected chi connectivity index (χ1v) is 6.78. The molecule has 0 spiro atoms. The van der Waals surface area contributed by atoms with Gasteiger partial charge in [-0.05, 0) is 30.7 Å². The summed E-state index contributed by atoms with van der Waals surface area (Å²) in [5.41, 5.74) is 1.80. The van der Waals surface area contributed by atoms with E-state index in [2.05, 4.69) is 31.4 Å². The van der Waals surface area contributed by atoms with Crippen molar-refractivity contribution in [1.82, 2.24) is 10.2 Å². The highest BCUT2D eigenvalue weighted by Gasteiger charge is 2.14. The lowest BCUT2D eigenvalue weighted by molar-refractivity contribution is 0.102. The number of anilines is 1. The first-order chi connectivity index (χ1) is 8.97. The van der Waals surface area contributed by atoms with E-state index in [0.29, 0.717) is 5.69 Å². The largest absolute Gasteiger partial charge is 0.322 e. The minimum atomic E-state index is -0.386. The fraction of sp³-hybridized carbons (Fsp3) is 0.0833. The Morgan fingerprint density at radius 2 is 2.00 bits per heavy atom. The third-order valence-electron chi connectivity index (χ3n) is 2.41. The summed E-state index contributed by atoms with van der Waals surface area (Å²) in [5, 5.41) is 10.0. The SMILES string of the molecule is Cc1ccc(Br)cc1NC(=O)c1cc(Cl)nnc1Cl. The maximum absolute atomic E-state index is 12.1. The van der Waals surface area contributed by atoms with Crippen molar-refractivity contribution in [3.05, 3.63) is 50.2 Å². The van der Waals surface area contributed by atoms with Crippen molar-refractivity contribution in [2.45, 2.75) is 6.92 Å². The van der Waals surface area contributed by atoms with E-state index in [0.717, 1.165) is 10.0 Å². The van der Waals surface area contributed by atoms with Crippen LogP contribution in [-0.4, -0.2) is 16.1 Å². The molecular formula is C12H8BrCl2N3O. The van der Waals surface area contributed by atoms with Crippen LogP contribution in [0.15, 0.2) is 28.7 Å².